The molecule has 0 spiro atoms. The highest BCUT2D eigenvalue weighted by Crippen LogP contribution is 2.33. The highest BCUT2D eigenvalue weighted by molar-refractivity contribution is 7.98. The molecule has 7 nitrogen and oxygen atoms in total. The lowest BCUT2D eigenvalue weighted by Crippen LogP contribution is -2.43. The van der Waals surface area contributed by atoms with Crippen molar-refractivity contribution in [2.45, 2.75) is 62.6 Å². The van der Waals surface area contributed by atoms with Crippen LogP contribution in [0, 0.1) is 5.92 Å². The second-order valence-electron chi connectivity index (χ2n) is 8.35. The Bertz CT molecular complexity index is 869. The van der Waals surface area contributed by atoms with E-state index in [-0.39, 0.29) is 17.7 Å². The van der Waals surface area contributed by atoms with Gasteiger partial charge in [0.05, 0.1) is 4.88 Å². The van der Waals surface area contributed by atoms with Crippen molar-refractivity contribution < 1.29 is 9.59 Å². The summed E-state index contributed by atoms with van der Waals surface area (Å²) in [6.07, 6.45) is 10.2. The lowest BCUT2D eigenvalue weighted by Gasteiger charge is -2.31. The van der Waals surface area contributed by atoms with E-state index in [9.17, 15) is 9.59 Å². The van der Waals surface area contributed by atoms with Crippen LogP contribution in [0.4, 0.5) is 0 Å². The Hall–Kier alpha value is -1.87. The van der Waals surface area contributed by atoms with Crippen LogP contribution in [0.1, 0.15) is 66.5 Å². The number of hydrogen-bond acceptors (Lipinski definition) is 6. The number of carbonyl (C=O) groups is 2. The topological polar surface area (TPSA) is 80.1 Å². The number of thioether (sulfide) groups is 1. The third-order valence-electron chi connectivity index (χ3n) is 6.37. The van der Waals surface area contributed by atoms with Gasteiger partial charge in [-0.15, -0.1) is 21.5 Å². The second-order valence-corrected chi connectivity index (χ2v) is 10.1. The van der Waals surface area contributed by atoms with Crippen LogP contribution >= 0.6 is 23.1 Å². The quantitative estimate of drug-likeness (QED) is 0.478. The van der Waals surface area contributed by atoms with Gasteiger partial charge in [0.15, 0.2) is 5.16 Å². The molecule has 2 fully saturated rings. The summed E-state index contributed by atoms with van der Waals surface area (Å²) >= 11 is 3.13. The van der Waals surface area contributed by atoms with Gasteiger partial charge in [-0.05, 0) is 49.8 Å². The molecule has 4 rings (SSSR count). The van der Waals surface area contributed by atoms with Gasteiger partial charge in [0, 0.05) is 38.0 Å². The Morgan fingerprint density at radius 3 is 2.65 bits per heavy atom. The molecule has 0 bridgehead atoms. The maximum atomic E-state index is 12.6. The number of rotatable bonds is 8. The number of thiophene rings is 1. The van der Waals surface area contributed by atoms with E-state index in [2.05, 4.69) is 26.3 Å². The van der Waals surface area contributed by atoms with Crippen LogP contribution in [-0.2, 0) is 11.2 Å². The van der Waals surface area contributed by atoms with Crippen LogP contribution in [0.5, 0.6) is 0 Å². The van der Waals surface area contributed by atoms with Gasteiger partial charge in [-0.1, -0.05) is 30.7 Å². The number of hydrogen-bond donors (Lipinski definition) is 1. The van der Waals surface area contributed by atoms with Gasteiger partial charge in [-0.25, -0.2) is 0 Å². The van der Waals surface area contributed by atoms with Crippen molar-refractivity contribution in [2.75, 3.05) is 25.9 Å². The van der Waals surface area contributed by atoms with Crippen molar-refractivity contribution in [2.24, 2.45) is 5.92 Å². The molecule has 1 aliphatic carbocycles. The minimum absolute atomic E-state index is 0.00220. The third-order valence-corrected chi connectivity index (χ3v) is 7.87. The van der Waals surface area contributed by atoms with Gasteiger partial charge in [-0.2, -0.15) is 0 Å². The molecule has 9 heteroatoms. The minimum atomic E-state index is -0.00220. The number of amides is 2. The van der Waals surface area contributed by atoms with E-state index in [1.165, 1.54) is 37.0 Å². The number of nitrogens with one attached hydrogen (secondary N) is 1. The maximum absolute atomic E-state index is 12.6. The smallest absolute Gasteiger partial charge is 0.263 e. The standard InChI is InChI=1S/C22H31N5O2S2/c1-30-22-25-24-19(27(22)17-6-2-3-7-17)9-4-12-23-20(28)16-10-13-26(14-11-16)21(29)18-8-5-15-31-18/h5,8,15-17H,2-4,6-7,9-14H2,1H3,(H,23,28). The summed E-state index contributed by atoms with van der Waals surface area (Å²) in [6, 6.07) is 4.29. The third kappa shape index (κ3) is 5.31. The van der Waals surface area contributed by atoms with Crippen LogP contribution in [-0.4, -0.2) is 57.4 Å². The molecule has 2 amide bonds. The van der Waals surface area contributed by atoms with Crippen molar-refractivity contribution in [1.29, 1.82) is 0 Å². The molecule has 3 heterocycles. The van der Waals surface area contributed by atoms with Crippen molar-refractivity contribution >= 4 is 34.9 Å². The average molecular weight is 462 g/mol. The molecular weight excluding hydrogens is 430 g/mol. The van der Waals surface area contributed by atoms with E-state index in [4.69, 9.17) is 0 Å². The van der Waals surface area contributed by atoms with Crippen LogP contribution in [0.15, 0.2) is 22.7 Å². The summed E-state index contributed by atoms with van der Waals surface area (Å²) in [4.78, 5) is 27.7. The minimum Gasteiger partial charge on any atom is -0.356 e. The highest BCUT2D eigenvalue weighted by atomic mass is 32.2. The first-order valence-corrected chi connectivity index (χ1v) is 13.4. The zero-order chi connectivity index (χ0) is 21.6. The van der Waals surface area contributed by atoms with Gasteiger partial charge >= 0.3 is 0 Å². The predicted octanol–water partition coefficient (Wildman–Crippen LogP) is 3.78. The highest BCUT2D eigenvalue weighted by Gasteiger charge is 2.28. The molecule has 0 unspecified atom stereocenters. The Balaban J connectivity index is 1.20. The first kappa shape index (κ1) is 22.3. The number of aryl methyl sites for hydroxylation is 1. The molecule has 31 heavy (non-hydrogen) atoms. The first-order chi connectivity index (χ1) is 15.2. The Morgan fingerprint density at radius 2 is 1.97 bits per heavy atom. The number of piperidine rings is 1. The fourth-order valence-corrected chi connectivity index (χ4v) is 5.91. The number of nitrogens with zero attached hydrogens (tertiary/aromatic N) is 4. The van der Waals surface area contributed by atoms with Crippen molar-refractivity contribution in [3.63, 3.8) is 0 Å². The van der Waals surface area contributed by atoms with Gasteiger partial charge in [0.25, 0.3) is 5.91 Å². The summed E-state index contributed by atoms with van der Waals surface area (Å²) in [5.74, 6) is 1.25. The molecule has 0 radical (unpaired) electrons. The molecule has 1 saturated carbocycles. The summed E-state index contributed by atoms with van der Waals surface area (Å²) in [6.45, 7) is 1.95. The lowest BCUT2D eigenvalue weighted by atomic mass is 9.95. The van der Waals surface area contributed by atoms with Crippen molar-refractivity contribution in [3.8, 4) is 0 Å². The summed E-state index contributed by atoms with van der Waals surface area (Å²) in [5, 5.41) is 14.8. The zero-order valence-electron chi connectivity index (χ0n) is 18.1. The van der Waals surface area contributed by atoms with E-state index in [1.807, 2.05) is 22.4 Å². The van der Waals surface area contributed by atoms with Gasteiger partial charge < -0.3 is 14.8 Å². The summed E-state index contributed by atoms with van der Waals surface area (Å²) < 4.78 is 2.33. The molecule has 0 atom stereocenters. The molecule has 2 aromatic heterocycles. The van der Waals surface area contributed by atoms with E-state index in [0.717, 1.165) is 41.5 Å². The Labute approximate surface area is 192 Å². The van der Waals surface area contributed by atoms with Crippen LogP contribution in [0.25, 0.3) is 0 Å². The van der Waals surface area contributed by atoms with Crippen molar-refractivity contribution in [1.82, 2.24) is 25.0 Å². The van der Waals surface area contributed by atoms with Crippen LogP contribution in [0.3, 0.4) is 0 Å². The maximum Gasteiger partial charge on any atom is 0.263 e. The molecular formula is C22H31N5O2S2. The van der Waals surface area contributed by atoms with Gasteiger partial charge in [0.1, 0.15) is 5.82 Å². The number of carbonyl (C=O) groups excluding carboxylic acids is 2. The molecule has 1 aliphatic heterocycles. The van der Waals surface area contributed by atoms with Crippen molar-refractivity contribution in [3.05, 3.63) is 28.2 Å². The summed E-state index contributed by atoms with van der Waals surface area (Å²) in [5.41, 5.74) is 0. The number of aromatic nitrogens is 3. The van der Waals surface area contributed by atoms with E-state index in [0.29, 0.717) is 25.7 Å². The Morgan fingerprint density at radius 1 is 1.19 bits per heavy atom. The van der Waals surface area contributed by atoms with Crippen LogP contribution < -0.4 is 5.32 Å². The van der Waals surface area contributed by atoms with E-state index < -0.39 is 0 Å². The Kier molecular flexibility index (Phi) is 7.66. The fraction of sp³-hybridized carbons (Fsp3) is 0.636. The van der Waals surface area contributed by atoms with Crippen LogP contribution in [0.2, 0.25) is 0 Å². The largest absolute Gasteiger partial charge is 0.356 e. The monoisotopic (exact) mass is 461 g/mol. The fourth-order valence-electron chi connectivity index (χ4n) is 4.65. The lowest BCUT2D eigenvalue weighted by molar-refractivity contribution is -0.126. The second kappa shape index (κ2) is 10.6. The molecule has 0 aromatic carbocycles. The first-order valence-electron chi connectivity index (χ1n) is 11.3. The van der Waals surface area contributed by atoms with Gasteiger partial charge in [0.2, 0.25) is 5.91 Å². The molecule has 1 N–H and O–H groups in total. The molecule has 2 aromatic rings. The summed E-state index contributed by atoms with van der Waals surface area (Å²) in [7, 11) is 0. The van der Waals surface area contributed by atoms with E-state index in [1.54, 1.807) is 11.8 Å². The zero-order valence-corrected chi connectivity index (χ0v) is 19.7. The molecule has 1 saturated heterocycles. The number of likely N-dealkylation sites (tertiary alicyclic amines) is 1. The molecule has 168 valence electrons. The molecule has 2 aliphatic rings. The SMILES string of the molecule is CSc1nnc(CCCNC(=O)C2CCN(C(=O)c3cccs3)CC2)n1C1CCCC1. The normalized spacial score (nSPS) is 17.9. The predicted molar refractivity (Wildman–Crippen MR) is 124 cm³/mol. The van der Waals surface area contributed by atoms with E-state index >= 15 is 0 Å². The van der Waals surface area contributed by atoms with Gasteiger partial charge in [-0.3, -0.25) is 9.59 Å². The average Bonchev–Trinajstić information content (AvgIpc) is 3.57.